The van der Waals surface area contributed by atoms with E-state index in [-0.39, 0.29) is 17.6 Å². The van der Waals surface area contributed by atoms with Gasteiger partial charge in [-0.05, 0) is 25.8 Å². The van der Waals surface area contributed by atoms with E-state index in [1.165, 1.54) is 5.56 Å². The van der Waals surface area contributed by atoms with Crippen molar-refractivity contribution in [2.24, 2.45) is 5.92 Å². The number of urea groups is 1. The van der Waals surface area contributed by atoms with Gasteiger partial charge in [-0.1, -0.05) is 30.3 Å². The third kappa shape index (κ3) is 4.04. The van der Waals surface area contributed by atoms with Gasteiger partial charge in [0.2, 0.25) is 0 Å². The first-order valence-electron chi connectivity index (χ1n) is 10.6. The van der Waals surface area contributed by atoms with Crippen molar-refractivity contribution >= 4 is 6.03 Å². The molecule has 3 atom stereocenters. The van der Waals surface area contributed by atoms with Crippen molar-refractivity contribution in [2.45, 2.75) is 37.8 Å². The molecule has 1 N–H and O–H groups in total. The molecule has 1 aromatic carbocycles. The summed E-state index contributed by atoms with van der Waals surface area (Å²) in [5, 5.41) is 3.18. The molecule has 4 rings (SSSR count). The maximum atomic E-state index is 13.0. The van der Waals surface area contributed by atoms with Crippen LogP contribution in [-0.2, 0) is 9.47 Å². The predicted octanol–water partition coefficient (Wildman–Crippen LogP) is 2.31. The first kappa shape index (κ1) is 19.7. The summed E-state index contributed by atoms with van der Waals surface area (Å²) in [6, 6.07) is 10.9. The van der Waals surface area contributed by atoms with Crippen LogP contribution in [0.1, 0.15) is 31.7 Å². The molecule has 2 amide bonds. The van der Waals surface area contributed by atoms with Crippen molar-refractivity contribution in [3.05, 3.63) is 35.9 Å². The van der Waals surface area contributed by atoms with E-state index in [0.29, 0.717) is 18.4 Å². The summed E-state index contributed by atoms with van der Waals surface area (Å²) >= 11 is 0. The summed E-state index contributed by atoms with van der Waals surface area (Å²) < 4.78 is 11.4. The summed E-state index contributed by atoms with van der Waals surface area (Å²) in [6.07, 6.45) is 0.928. The highest BCUT2D eigenvalue weighted by Crippen LogP contribution is 2.40. The maximum absolute atomic E-state index is 13.0. The van der Waals surface area contributed by atoms with Crippen molar-refractivity contribution in [1.29, 1.82) is 0 Å². The van der Waals surface area contributed by atoms with Gasteiger partial charge in [0.05, 0.1) is 19.8 Å². The molecule has 6 heteroatoms. The number of hydrogen-bond donors (Lipinski definition) is 1. The molecular formula is C22H33N3O3. The lowest BCUT2D eigenvalue weighted by molar-refractivity contribution is -0.0498. The van der Waals surface area contributed by atoms with Gasteiger partial charge < -0.3 is 19.7 Å². The van der Waals surface area contributed by atoms with Gasteiger partial charge in [-0.2, -0.15) is 0 Å². The Bertz CT molecular complexity index is 666. The van der Waals surface area contributed by atoms with E-state index in [1.54, 1.807) is 0 Å². The average molecular weight is 388 g/mol. The molecule has 0 spiro atoms. The number of likely N-dealkylation sites (tertiary alicyclic amines) is 1. The van der Waals surface area contributed by atoms with Crippen LogP contribution in [0.15, 0.2) is 30.3 Å². The topological polar surface area (TPSA) is 54.0 Å². The first-order valence-corrected chi connectivity index (χ1v) is 10.6. The number of ether oxygens (including phenoxy) is 2. The SMILES string of the molecule is CC1(C)COCCN1CCNC(=O)N1CC(c2ccccc2)C2COCCC21. The third-order valence-corrected chi connectivity index (χ3v) is 6.64. The van der Waals surface area contributed by atoms with Gasteiger partial charge in [0, 0.05) is 56.2 Å². The van der Waals surface area contributed by atoms with E-state index in [0.717, 1.165) is 52.5 Å². The Balaban J connectivity index is 1.37. The lowest BCUT2D eigenvalue weighted by atomic mass is 9.84. The molecule has 1 aromatic rings. The van der Waals surface area contributed by atoms with Crippen LogP contribution in [0.4, 0.5) is 4.79 Å². The molecule has 3 aliphatic heterocycles. The van der Waals surface area contributed by atoms with Crippen LogP contribution in [0.3, 0.4) is 0 Å². The monoisotopic (exact) mass is 387 g/mol. The highest BCUT2D eigenvalue weighted by atomic mass is 16.5. The fourth-order valence-corrected chi connectivity index (χ4v) is 4.99. The summed E-state index contributed by atoms with van der Waals surface area (Å²) in [7, 11) is 0. The second-order valence-corrected chi connectivity index (χ2v) is 8.85. The van der Waals surface area contributed by atoms with Crippen LogP contribution in [0.5, 0.6) is 0 Å². The van der Waals surface area contributed by atoms with Crippen LogP contribution in [0, 0.1) is 5.92 Å². The van der Waals surface area contributed by atoms with Crippen molar-refractivity contribution in [3.8, 4) is 0 Å². The quantitative estimate of drug-likeness (QED) is 0.861. The minimum absolute atomic E-state index is 0.0286. The normalized spacial score (nSPS) is 30.1. The van der Waals surface area contributed by atoms with Crippen molar-refractivity contribution in [2.75, 3.05) is 52.6 Å². The maximum Gasteiger partial charge on any atom is 0.317 e. The summed E-state index contributed by atoms with van der Waals surface area (Å²) in [6.45, 7) is 10.6. The molecule has 28 heavy (non-hydrogen) atoms. The van der Waals surface area contributed by atoms with E-state index in [2.05, 4.69) is 53.2 Å². The van der Waals surface area contributed by atoms with Gasteiger partial charge >= 0.3 is 6.03 Å². The molecule has 0 aromatic heterocycles. The Kier molecular flexibility index (Phi) is 5.90. The van der Waals surface area contributed by atoms with Gasteiger partial charge in [-0.25, -0.2) is 4.79 Å². The van der Waals surface area contributed by atoms with Crippen LogP contribution in [0.25, 0.3) is 0 Å². The lowest BCUT2D eigenvalue weighted by Gasteiger charge is -2.42. The fraction of sp³-hybridized carbons (Fsp3) is 0.682. The number of carbonyl (C=O) groups is 1. The fourth-order valence-electron chi connectivity index (χ4n) is 4.99. The molecule has 3 heterocycles. The van der Waals surface area contributed by atoms with Gasteiger partial charge in [-0.3, -0.25) is 4.90 Å². The highest BCUT2D eigenvalue weighted by molar-refractivity contribution is 5.75. The Labute approximate surface area is 168 Å². The molecular weight excluding hydrogens is 354 g/mol. The Morgan fingerprint density at radius 2 is 2.04 bits per heavy atom. The third-order valence-electron chi connectivity index (χ3n) is 6.64. The number of morpholine rings is 1. The molecule has 0 bridgehead atoms. The van der Waals surface area contributed by atoms with Gasteiger partial charge in [0.1, 0.15) is 0 Å². The summed E-state index contributed by atoms with van der Waals surface area (Å²) in [5.74, 6) is 0.746. The van der Waals surface area contributed by atoms with E-state index >= 15 is 0 Å². The second-order valence-electron chi connectivity index (χ2n) is 8.85. The van der Waals surface area contributed by atoms with Crippen LogP contribution < -0.4 is 5.32 Å². The highest BCUT2D eigenvalue weighted by Gasteiger charge is 2.45. The number of nitrogens with one attached hydrogen (secondary N) is 1. The average Bonchev–Trinajstić information content (AvgIpc) is 3.09. The Morgan fingerprint density at radius 3 is 2.82 bits per heavy atom. The predicted molar refractivity (Wildman–Crippen MR) is 108 cm³/mol. The zero-order valence-corrected chi connectivity index (χ0v) is 17.1. The standard InChI is InChI=1S/C22H33N3O3/c1-22(2)16-28-13-11-24(22)10-9-23-21(26)25-14-18(17-6-4-3-5-7-17)19-15-27-12-8-20(19)25/h3-7,18-20H,8-16H2,1-2H3,(H,23,26). The van der Waals surface area contributed by atoms with Crippen molar-refractivity contribution in [1.82, 2.24) is 15.1 Å². The number of amides is 2. The molecule has 6 nitrogen and oxygen atoms in total. The van der Waals surface area contributed by atoms with Gasteiger partial charge in [0.15, 0.2) is 0 Å². The zero-order chi connectivity index (χ0) is 19.6. The van der Waals surface area contributed by atoms with Crippen LogP contribution in [0.2, 0.25) is 0 Å². The first-order chi connectivity index (χ1) is 13.6. The van der Waals surface area contributed by atoms with E-state index in [4.69, 9.17) is 9.47 Å². The molecule has 154 valence electrons. The molecule has 0 radical (unpaired) electrons. The summed E-state index contributed by atoms with van der Waals surface area (Å²) in [5.41, 5.74) is 1.34. The number of benzene rings is 1. The smallest absolute Gasteiger partial charge is 0.317 e. The number of rotatable bonds is 4. The molecule has 3 unspecified atom stereocenters. The Morgan fingerprint density at radius 1 is 1.21 bits per heavy atom. The molecule has 3 saturated heterocycles. The summed E-state index contributed by atoms with van der Waals surface area (Å²) in [4.78, 5) is 17.5. The van der Waals surface area contributed by atoms with Crippen molar-refractivity contribution in [3.63, 3.8) is 0 Å². The number of nitrogens with zero attached hydrogens (tertiary/aromatic N) is 2. The van der Waals surface area contributed by atoms with Crippen LogP contribution in [-0.4, -0.2) is 80.0 Å². The largest absolute Gasteiger partial charge is 0.381 e. The van der Waals surface area contributed by atoms with Gasteiger partial charge in [0.25, 0.3) is 0 Å². The van der Waals surface area contributed by atoms with Gasteiger partial charge in [-0.15, -0.1) is 0 Å². The molecule has 3 aliphatic rings. The zero-order valence-electron chi connectivity index (χ0n) is 17.1. The molecule has 0 aliphatic carbocycles. The number of fused-ring (bicyclic) bond motifs is 1. The number of hydrogen-bond acceptors (Lipinski definition) is 4. The van der Waals surface area contributed by atoms with E-state index in [1.807, 2.05) is 6.07 Å². The number of carbonyl (C=O) groups excluding carboxylic acids is 1. The minimum atomic E-state index is 0.0286. The lowest BCUT2D eigenvalue weighted by Crippen LogP contribution is -2.55. The molecule has 3 fully saturated rings. The van der Waals surface area contributed by atoms with Crippen LogP contribution >= 0.6 is 0 Å². The minimum Gasteiger partial charge on any atom is -0.381 e. The molecule has 0 saturated carbocycles. The van der Waals surface area contributed by atoms with E-state index in [9.17, 15) is 4.79 Å². The Hall–Kier alpha value is -1.63. The van der Waals surface area contributed by atoms with Crippen molar-refractivity contribution < 1.29 is 14.3 Å². The second kappa shape index (κ2) is 8.39. The van der Waals surface area contributed by atoms with E-state index < -0.39 is 0 Å².